The fourth-order valence-electron chi connectivity index (χ4n) is 1.44. The fraction of sp³-hybridized carbons (Fsp3) is 0.286. The lowest BCUT2D eigenvalue weighted by Gasteiger charge is -2.07. The molecule has 0 aliphatic heterocycles. The number of alkyl halides is 1. The summed E-state index contributed by atoms with van der Waals surface area (Å²) in [5, 5.41) is 0.722. The fourth-order valence-corrected chi connectivity index (χ4v) is 3.92. The van der Waals surface area contributed by atoms with Crippen LogP contribution in [-0.2, 0) is 9.47 Å². The van der Waals surface area contributed by atoms with Gasteiger partial charge in [0.15, 0.2) is 22.4 Å². The number of hydrogen-bond donors (Lipinski definition) is 1. The van der Waals surface area contributed by atoms with Crippen LogP contribution in [0, 0.1) is 0 Å². The number of halogens is 5. The molecule has 3 rings (SSSR count). The third-order valence-electron chi connectivity index (χ3n) is 2.68. The minimum atomic E-state index is -0.0972. The first kappa shape index (κ1) is 24.9. The van der Waals surface area contributed by atoms with Crippen LogP contribution in [0.1, 0.15) is 0 Å². The molecule has 0 aromatic carbocycles. The number of hydrogen-bond acceptors (Lipinski definition) is 7. The van der Waals surface area contributed by atoms with E-state index in [0.29, 0.717) is 15.0 Å². The number of methoxy groups -OCH3 is 2. The highest BCUT2D eigenvalue weighted by Gasteiger charge is 2.01. The van der Waals surface area contributed by atoms with Gasteiger partial charge < -0.3 is 19.6 Å². The van der Waals surface area contributed by atoms with Crippen LogP contribution in [0.2, 0.25) is 0 Å². The average Bonchev–Trinajstić information content (AvgIpc) is 3.10. The van der Waals surface area contributed by atoms with Gasteiger partial charge in [-0.3, -0.25) is 0 Å². The van der Waals surface area contributed by atoms with Crippen molar-refractivity contribution in [1.82, 2.24) is 24.3 Å². The molecule has 13 heteroatoms. The maximum Gasteiger partial charge on any atom is 0.170 e. The molecule has 8 nitrogen and oxygen atoms in total. The molecule has 2 N–H and O–H groups in total. The predicted octanol–water partition coefficient (Wildman–Crippen LogP) is 4.84. The Morgan fingerprint density at radius 1 is 1.04 bits per heavy atom. The van der Waals surface area contributed by atoms with E-state index in [1.807, 2.05) is 16.8 Å². The van der Waals surface area contributed by atoms with Crippen molar-refractivity contribution >= 4 is 91.1 Å². The first-order chi connectivity index (χ1) is 12.8. The molecule has 3 aromatic rings. The molecule has 0 bridgehead atoms. The number of anilines is 1. The van der Waals surface area contributed by atoms with E-state index in [4.69, 9.17) is 15.2 Å². The van der Waals surface area contributed by atoms with E-state index >= 15 is 0 Å². The molecular weight excluding hydrogens is 684 g/mol. The zero-order valence-electron chi connectivity index (χ0n) is 14.1. The number of nitrogen functional groups attached to an aromatic ring is 1. The van der Waals surface area contributed by atoms with Gasteiger partial charge in [-0.05, 0) is 63.7 Å². The molecule has 0 fully saturated rings. The van der Waals surface area contributed by atoms with Gasteiger partial charge in [0.1, 0.15) is 13.8 Å². The highest BCUT2D eigenvalue weighted by atomic mass is 79.9. The first-order valence-electron chi connectivity index (χ1n) is 7.02. The summed E-state index contributed by atoms with van der Waals surface area (Å²) in [7, 11) is 3.21. The second kappa shape index (κ2) is 13.1. The monoisotopic (exact) mass is 694 g/mol. The van der Waals surface area contributed by atoms with Gasteiger partial charge >= 0.3 is 0 Å². The molecule has 0 spiro atoms. The second-order valence-corrected chi connectivity index (χ2v) is 8.21. The summed E-state index contributed by atoms with van der Waals surface area (Å²) in [6, 6.07) is 0. The molecule has 0 saturated heterocycles. The molecule has 0 radical (unpaired) electrons. The molecule has 0 atom stereocenters. The third kappa shape index (κ3) is 8.79. The zero-order valence-corrected chi connectivity index (χ0v) is 22.0. The quantitative estimate of drug-likeness (QED) is 0.309. The van der Waals surface area contributed by atoms with E-state index in [0.717, 1.165) is 20.2 Å². The normalized spacial score (nSPS) is 10.2. The molecule has 27 heavy (non-hydrogen) atoms. The lowest BCUT2D eigenvalue weighted by atomic mass is 10.7. The Labute approximate surface area is 198 Å². The summed E-state index contributed by atoms with van der Waals surface area (Å²) in [6.45, 7) is 0. The number of fused-ring (bicyclic) bond motifs is 1. The van der Waals surface area contributed by atoms with Gasteiger partial charge in [0, 0.05) is 32.8 Å². The summed E-state index contributed by atoms with van der Waals surface area (Å²) in [6.07, 6.45) is 6.90. The Morgan fingerprint density at radius 3 is 2.15 bits per heavy atom. The van der Waals surface area contributed by atoms with Crippen LogP contribution < -0.4 is 5.73 Å². The van der Waals surface area contributed by atoms with Crippen molar-refractivity contribution in [3.8, 4) is 0 Å². The molecule has 0 aliphatic carbocycles. The molecule has 3 aromatic heterocycles. The van der Waals surface area contributed by atoms with Crippen molar-refractivity contribution in [3.05, 3.63) is 43.2 Å². The Hall–Kier alpha value is -0.180. The van der Waals surface area contributed by atoms with E-state index < -0.39 is 0 Å². The minimum absolute atomic E-state index is 0.0972. The van der Waals surface area contributed by atoms with Gasteiger partial charge in [0.2, 0.25) is 0 Å². The molecule has 3 heterocycles. The van der Waals surface area contributed by atoms with Gasteiger partial charge in [-0.15, -0.1) is 0 Å². The molecule has 0 amide bonds. The molecule has 0 aliphatic rings. The standard InChI is InChI=1S/C6H3Br2N3.C4H3Br2N3.C4H9BrO2/c7-4-3-11-2-1-9-6(11)5(8)10-4;5-2-1-8-4(7)3(6)9-2;1-6-4(3-5)7-2/h1-3H;1H,(H2,7,8);4H,3H2,1-2H3. The van der Waals surface area contributed by atoms with Crippen LogP contribution >= 0.6 is 79.6 Å². The van der Waals surface area contributed by atoms with Crippen molar-refractivity contribution in [2.45, 2.75) is 6.29 Å². The van der Waals surface area contributed by atoms with Crippen LogP contribution in [0.15, 0.2) is 43.2 Å². The van der Waals surface area contributed by atoms with Gasteiger partial charge in [-0.25, -0.2) is 19.9 Å². The number of nitrogens with two attached hydrogens (primary N) is 1. The number of ether oxygens (including phenoxy) is 2. The lowest BCUT2D eigenvalue weighted by molar-refractivity contribution is -0.0834. The maximum atomic E-state index is 5.35. The number of imidazole rings is 1. The van der Waals surface area contributed by atoms with Gasteiger partial charge in [-0.2, -0.15) is 0 Å². The summed E-state index contributed by atoms with van der Waals surface area (Å²) in [4.78, 5) is 15.9. The predicted molar refractivity (Wildman–Crippen MR) is 122 cm³/mol. The van der Waals surface area contributed by atoms with Gasteiger partial charge in [0.05, 0.1) is 11.5 Å². The Balaban J connectivity index is 0.000000209. The Morgan fingerprint density at radius 2 is 1.67 bits per heavy atom. The van der Waals surface area contributed by atoms with Crippen molar-refractivity contribution < 1.29 is 9.47 Å². The summed E-state index contributed by atoms with van der Waals surface area (Å²) in [5.74, 6) is 0.401. The molecule has 0 saturated carbocycles. The van der Waals surface area contributed by atoms with Crippen molar-refractivity contribution in [3.63, 3.8) is 0 Å². The maximum absolute atomic E-state index is 5.35. The topological polar surface area (TPSA) is 100 Å². The van der Waals surface area contributed by atoms with Crippen molar-refractivity contribution in [2.75, 3.05) is 25.3 Å². The molecular formula is C14H15Br5N6O2. The largest absolute Gasteiger partial charge is 0.381 e. The van der Waals surface area contributed by atoms with E-state index in [1.165, 1.54) is 0 Å². The summed E-state index contributed by atoms with van der Waals surface area (Å²) < 4.78 is 14.2. The zero-order chi connectivity index (χ0) is 20.4. The first-order valence-corrected chi connectivity index (χ1v) is 11.3. The van der Waals surface area contributed by atoms with Crippen LogP contribution in [0.25, 0.3) is 5.65 Å². The van der Waals surface area contributed by atoms with Crippen LogP contribution in [-0.4, -0.2) is 50.2 Å². The van der Waals surface area contributed by atoms with E-state index in [2.05, 4.69) is 99.6 Å². The SMILES string of the molecule is Brc1cn2ccnc2c(Br)n1.COC(CBr)OC.Nc1ncc(Br)nc1Br. The van der Waals surface area contributed by atoms with E-state index in [1.54, 1.807) is 26.6 Å². The average molecular weight is 699 g/mol. The van der Waals surface area contributed by atoms with Crippen LogP contribution in [0.5, 0.6) is 0 Å². The number of rotatable bonds is 3. The Kier molecular flexibility index (Phi) is 12.1. The lowest BCUT2D eigenvalue weighted by Crippen LogP contribution is -2.13. The molecule has 148 valence electrons. The number of nitrogens with zero attached hydrogens (tertiary/aromatic N) is 5. The third-order valence-corrected chi connectivity index (χ3v) is 5.09. The van der Waals surface area contributed by atoms with E-state index in [-0.39, 0.29) is 6.29 Å². The van der Waals surface area contributed by atoms with Crippen LogP contribution in [0.3, 0.4) is 0 Å². The smallest absolute Gasteiger partial charge is 0.170 e. The van der Waals surface area contributed by atoms with Crippen LogP contribution in [0.4, 0.5) is 5.82 Å². The Bertz CT molecular complexity index is 840. The number of aromatic nitrogens is 5. The highest BCUT2D eigenvalue weighted by Crippen LogP contribution is 2.17. The minimum Gasteiger partial charge on any atom is -0.381 e. The van der Waals surface area contributed by atoms with Crippen molar-refractivity contribution in [2.24, 2.45) is 0 Å². The van der Waals surface area contributed by atoms with Crippen molar-refractivity contribution in [1.29, 1.82) is 0 Å². The molecule has 0 unspecified atom stereocenters. The second-order valence-electron chi connectivity index (χ2n) is 4.44. The van der Waals surface area contributed by atoms with E-state index in [9.17, 15) is 0 Å². The highest BCUT2D eigenvalue weighted by molar-refractivity contribution is 9.11. The van der Waals surface area contributed by atoms with Gasteiger partial charge in [0.25, 0.3) is 0 Å². The van der Waals surface area contributed by atoms with Gasteiger partial charge in [-0.1, -0.05) is 15.9 Å². The summed E-state index contributed by atoms with van der Waals surface area (Å²) >= 11 is 16.0. The summed E-state index contributed by atoms with van der Waals surface area (Å²) in [5.41, 5.74) is 6.17.